The van der Waals surface area contributed by atoms with Gasteiger partial charge in [0.2, 0.25) is 5.91 Å². The van der Waals surface area contributed by atoms with Crippen LogP contribution in [0.25, 0.3) is 11.1 Å². The number of aliphatic hydroxyl groups is 1. The number of amides is 1. The van der Waals surface area contributed by atoms with Gasteiger partial charge in [-0.25, -0.2) is 0 Å². The van der Waals surface area contributed by atoms with Gasteiger partial charge in [-0.05, 0) is 34.9 Å². The van der Waals surface area contributed by atoms with Crippen molar-refractivity contribution in [2.75, 3.05) is 12.4 Å². The number of ether oxygens (including phenoxy) is 1. The number of benzene rings is 3. The molecule has 0 bridgehead atoms. The van der Waals surface area contributed by atoms with E-state index in [1.54, 1.807) is 31.6 Å². The van der Waals surface area contributed by atoms with Gasteiger partial charge in [0.25, 0.3) is 0 Å². The summed E-state index contributed by atoms with van der Waals surface area (Å²) in [6.07, 6.45) is 3.28. The number of hydrogen-bond donors (Lipinski definition) is 3. The second kappa shape index (κ2) is 13.6. The normalized spacial score (nSPS) is 11.1. The van der Waals surface area contributed by atoms with Crippen LogP contribution in [-0.2, 0) is 11.4 Å². The topological polar surface area (TPSA) is 97.5 Å². The summed E-state index contributed by atoms with van der Waals surface area (Å²) in [5.41, 5.74) is 11.3. The van der Waals surface area contributed by atoms with Gasteiger partial charge in [-0.3, -0.25) is 9.78 Å². The summed E-state index contributed by atoms with van der Waals surface area (Å²) in [5, 5.41) is 12.6. The number of carbonyl (C=O) groups is 1. The maximum atomic E-state index is 13.2. The maximum Gasteiger partial charge on any atom is 0.242 e. The van der Waals surface area contributed by atoms with Crippen molar-refractivity contribution in [3.63, 3.8) is 0 Å². The van der Waals surface area contributed by atoms with E-state index in [4.69, 9.17) is 10.5 Å². The van der Waals surface area contributed by atoms with Gasteiger partial charge >= 0.3 is 0 Å². The van der Waals surface area contributed by atoms with Crippen LogP contribution in [0.3, 0.4) is 0 Å². The van der Waals surface area contributed by atoms with E-state index in [1.807, 2.05) is 72.8 Å². The molecule has 0 saturated carbocycles. The number of pyridine rings is 1. The monoisotopic (exact) mass is 525 g/mol. The molecule has 0 aliphatic rings. The van der Waals surface area contributed by atoms with Gasteiger partial charge < -0.3 is 20.9 Å². The van der Waals surface area contributed by atoms with E-state index in [2.05, 4.69) is 10.3 Å². The highest BCUT2D eigenvalue weighted by molar-refractivity contribution is 5.96. The first kappa shape index (κ1) is 28.8. The summed E-state index contributed by atoms with van der Waals surface area (Å²) in [6, 6.07) is 26.0. The van der Waals surface area contributed by atoms with E-state index < -0.39 is 6.04 Å². The number of aliphatic hydroxyl groups excluding tert-OH is 1. The van der Waals surface area contributed by atoms with Crippen molar-refractivity contribution in [2.45, 2.75) is 18.6 Å². The fraction of sp³-hybridized carbons (Fsp3) is 0.143. The minimum absolute atomic E-state index is 0. The third-order valence-electron chi connectivity index (χ3n) is 5.81. The highest BCUT2D eigenvalue weighted by atomic mass is 35.5. The van der Waals surface area contributed by atoms with Crippen LogP contribution in [0, 0.1) is 0 Å². The Morgan fingerprint density at radius 2 is 1.56 bits per heavy atom. The van der Waals surface area contributed by atoms with Crippen LogP contribution in [0.1, 0.15) is 22.6 Å². The van der Waals surface area contributed by atoms with Crippen LogP contribution in [0.4, 0.5) is 5.69 Å². The average Bonchev–Trinajstić information content (AvgIpc) is 2.90. The standard InChI is InChI=1S/C28H27N3O3.2ClH/c1-34-25-16-22(12-13-24(25)23-14-15-30-17-21(23)18-32)31-28(33)27(29)26(19-8-4-2-5-9-19)20-10-6-3-7-11-20;;/h2-17,26-27,32H,18,29H2,1H3,(H,31,33);2*1H. The Bertz CT molecular complexity index is 1220. The Labute approximate surface area is 223 Å². The molecular weight excluding hydrogens is 497 g/mol. The second-order valence-corrected chi connectivity index (χ2v) is 7.92. The number of methoxy groups -OCH3 is 1. The molecule has 6 nitrogen and oxygen atoms in total. The van der Waals surface area contributed by atoms with Gasteiger partial charge in [-0.15, -0.1) is 24.8 Å². The zero-order valence-corrected chi connectivity index (χ0v) is 21.3. The molecular formula is C28H29Cl2N3O3. The maximum absolute atomic E-state index is 13.2. The molecule has 0 fully saturated rings. The highest BCUT2D eigenvalue weighted by Gasteiger charge is 2.28. The van der Waals surface area contributed by atoms with Crippen LogP contribution in [0.5, 0.6) is 5.75 Å². The zero-order valence-electron chi connectivity index (χ0n) is 19.7. The fourth-order valence-corrected chi connectivity index (χ4v) is 4.11. The molecule has 0 aliphatic carbocycles. The summed E-state index contributed by atoms with van der Waals surface area (Å²) < 4.78 is 5.58. The Morgan fingerprint density at radius 3 is 2.11 bits per heavy atom. The Hall–Kier alpha value is -3.42. The zero-order chi connectivity index (χ0) is 23.9. The Morgan fingerprint density at radius 1 is 0.944 bits per heavy atom. The van der Waals surface area contributed by atoms with E-state index in [9.17, 15) is 9.90 Å². The molecule has 4 aromatic rings. The molecule has 36 heavy (non-hydrogen) atoms. The number of nitrogens with two attached hydrogens (primary N) is 1. The first-order chi connectivity index (χ1) is 16.6. The van der Waals surface area contributed by atoms with Gasteiger partial charge in [0.05, 0.1) is 19.8 Å². The van der Waals surface area contributed by atoms with Gasteiger partial charge in [-0.1, -0.05) is 60.7 Å². The number of halogens is 2. The molecule has 1 unspecified atom stereocenters. The van der Waals surface area contributed by atoms with E-state index in [0.29, 0.717) is 17.0 Å². The van der Waals surface area contributed by atoms with E-state index >= 15 is 0 Å². The molecule has 0 radical (unpaired) electrons. The number of anilines is 1. The summed E-state index contributed by atoms with van der Waals surface area (Å²) in [6.45, 7) is -0.139. The lowest BCUT2D eigenvalue weighted by Crippen LogP contribution is -2.41. The number of aromatic nitrogens is 1. The fourth-order valence-electron chi connectivity index (χ4n) is 4.11. The average molecular weight is 526 g/mol. The minimum Gasteiger partial charge on any atom is -0.496 e. The van der Waals surface area contributed by atoms with Gasteiger partial charge in [0.1, 0.15) is 5.75 Å². The van der Waals surface area contributed by atoms with Crippen LogP contribution in [-0.4, -0.2) is 29.1 Å². The third-order valence-corrected chi connectivity index (χ3v) is 5.81. The number of hydrogen-bond acceptors (Lipinski definition) is 5. The predicted octanol–water partition coefficient (Wildman–Crippen LogP) is 5.19. The minimum atomic E-state index is -0.809. The molecule has 0 saturated heterocycles. The molecule has 1 aromatic heterocycles. The smallest absolute Gasteiger partial charge is 0.242 e. The second-order valence-electron chi connectivity index (χ2n) is 7.92. The first-order valence-corrected chi connectivity index (χ1v) is 11.0. The molecule has 8 heteroatoms. The Kier molecular flexibility index (Phi) is 10.9. The molecule has 1 atom stereocenters. The van der Waals surface area contributed by atoms with Crippen molar-refractivity contribution in [1.29, 1.82) is 0 Å². The van der Waals surface area contributed by atoms with E-state index in [1.165, 1.54) is 0 Å². The summed E-state index contributed by atoms with van der Waals surface area (Å²) in [7, 11) is 1.57. The van der Waals surface area contributed by atoms with Crippen molar-refractivity contribution in [3.05, 3.63) is 114 Å². The molecule has 3 aromatic carbocycles. The van der Waals surface area contributed by atoms with Crippen LogP contribution < -0.4 is 15.8 Å². The van der Waals surface area contributed by atoms with Gasteiger partial charge in [0, 0.05) is 41.2 Å². The van der Waals surface area contributed by atoms with Crippen molar-refractivity contribution >= 4 is 36.4 Å². The Balaban J connectivity index is 0.00000228. The number of carbonyl (C=O) groups excluding carboxylic acids is 1. The van der Waals surface area contributed by atoms with Crippen molar-refractivity contribution in [3.8, 4) is 16.9 Å². The van der Waals surface area contributed by atoms with E-state index in [-0.39, 0.29) is 43.2 Å². The molecule has 0 spiro atoms. The SMILES string of the molecule is COc1cc(NC(=O)C(N)C(c2ccccc2)c2ccccc2)ccc1-c1ccncc1CO.Cl.Cl. The number of nitrogens with zero attached hydrogens (tertiary/aromatic N) is 1. The number of nitrogens with one attached hydrogen (secondary N) is 1. The van der Waals surface area contributed by atoms with Crippen molar-refractivity contribution < 1.29 is 14.6 Å². The summed E-state index contributed by atoms with van der Waals surface area (Å²) in [4.78, 5) is 17.3. The third kappa shape index (κ3) is 6.42. The molecule has 1 amide bonds. The highest BCUT2D eigenvalue weighted by Crippen LogP contribution is 2.35. The first-order valence-electron chi connectivity index (χ1n) is 11.0. The van der Waals surface area contributed by atoms with Crippen LogP contribution in [0.2, 0.25) is 0 Å². The molecule has 188 valence electrons. The van der Waals surface area contributed by atoms with Gasteiger partial charge in [0.15, 0.2) is 0 Å². The van der Waals surface area contributed by atoms with Crippen molar-refractivity contribution in [1.82, 2.24) is 4.98 Å². The lowest BCUT2D eigenvalue weighted by atomic mass is 9.85. The summed E-state index contributed by atoms with van der Waals surface area (Å²) >= 11 is 0. The summed E-state index contributed by atoms with van der Waals surface area (Å²) in [5.74, 6) is -0.0325. The molecule has 0 aliphatic heterocycles. The lowest BCUT2D eigenvalue weighted by Gasteiger charge is -2.24. The quantitative estimate of drug-likeness (QED) is 0.294. The van der Waals surface area contributed by atoms with E-state index in [0.717, 1.165) is 22.3 Å². The van der Waals surface area contributed by atoms with Crippen molar-refractivity contribution in [2.24, 2.45) is 5.73 Å². The lowest BCUT2D eigenvalue weighted by molar-refractivity contribution is -0.117. The molecule has 1 heterocycles. The molecule has 4 N–H and O–H groups in total. The van der Waals surface area contributed by atoms with Crippen LogP contribution >= 0.6 is 24.8 Å². The predicted molar refractivity (Wildman–Crippen MR) is 148 cm³/mol. The largest absolute Gasteiger partial charge is 0.496 e. The number of rotatable bonds is 8. The molecule has 4 rings (SSSR count). The van der Waals surface area contributed by atoms with Crippen LogP contribution in [0.15, 0.2) is 97.3 Å². The van der Waals surface area contributed by atoms with Gasteiger partial charge in [-0.2, -0.15) is 0 Å².